The summed E-state index contributed by atoms with van der Waals surface area (Å²) in [6.07, 6.45) is 0.309. The van der Waals surface area contributed by atoms with Crippen LogP contribution in [-0.4, -0.2) is 15.6 Å². The van der Waals surface area contributed by atoms with Crippen LogP contribution in [0.4, 0.5) is 0 Å². The summed E-state index contributed by atoms with van der Waals surface area (Å²) in [5.74, 6) is -0.0436. The van der Waals surface area contributed by atoms with Crippen molar-refractivity contribution in [1.82, 2.24) is 15.4 Å². The zero-order valence-electron chi connectivity index (χ0n) is 15.4. The Bertz CT molecular complexity index is 1120. The van der Waals surface area contributed by atoms with Gasteiger partial charge in [0.2, 0.25) is 5.91 Å². The summed E-state index contributed by atoms with van der Waals surface area (Å²) in [6.45, 7) is 4.42. The number of rotatable bonds is 6. The number of fused-ring (bicyclic) bond motifs is 3. The molecule has 0 saturated carbocycles. The summed E-state index contributed by atoms with van der Waals surface area (Å²) < 4.78 is 2.17. The average Bonchev–Trinajstić information content (AvgIpc) is 3.05. The number of aromatic hydroxyl groups is 1. The van der Waals surface area contributed by atoms with Gasteiger partial charge in [0, 0.05) is 40.3 Å². The molecule has 1 aromatic heterocycles. The standard InChI is InChI=1S/C23H21N3O2/c1-16(17-8-4-7-13-22(17)27)24-25-23(28)14-15-26-20-11-5-2-9-18(20)19-10-3-6-12-21(19)26/h2-13,24,27H,1,14-15H2,(H,25,28). The highest BCUT2D eigenvalue weighted by atomic mass is 16.3. The Balaban J connectivity index is 1.45. The van der Waals surface area contributed by atoms with Crippen molar-refractivity contribution in [2.75, 3.05) is 0 Å². The molecule has 1 heterocycles. The van der Waals surface area contributed by atoms with E-state index in [-0.39, 0.29) is 11.7 Å². The number of carbonyl (C=O) groups excluding carboxylic acids is 1. The van der Waals surface area contributed by atoms with Crippen LogP contribution >= 0.6 is 0 Å². The maximum atomic E-state index is 12.3. The summed E-state index contributed by atoms with van der Waals surface area (Å²) >= 11 is 0. The molecule has 0 bridgehead atoms. The fraction of sp³-hybridized carbons (Fsp3) is 0.0870. The van der Waals surface area contributed by atoms with E-state index < -0.39 is 0 Å². The molecule has 3 aromatic carbocycles. The number of nitrogens with zero attached hydrogens (tertiary/aromatic N) is 1. The van der Waals surface area contributed by atoms with Crippen molar-refractivity contribution in [2.45, 2.75) is 13.0 Å². The Morgan fingerprint density at radius 3 is 2.07 bits per heavy atom. The van der Waals surface area contributed by atoms with Gasteiger partial charge in [-0.1, -0.05) is 55.1 Å². The normalized spacial score (nSPS) is 10.9. The average molecular weight is 371 g/mol. The molecule has 0 unspecified atom stereocenters. The zero-order chi connectivity index (χ0) is 19.5. The van der Waals surface area contributed by atoms with Crippen LogP contribution in [0.3, 0.4) is 0 Å². The SMILES string of the molecule is C=C(NNC(=O)CCn1c2ccccc2c2ccccc21)c1ccccc1O. The molecule has 0 aliphatic heterocycles. The van der Waals surface area contributed by atoms with Gasteiger partial charge in [-0.3, -0.25) is 15.6 Å². The van der Waals surface area contributed by atoms with Crippen LogP contribution in [-0.2, 0) is 11.3 Å². The quantitative estimate of drug-likeness (QED) is 0.446. The second-order valence-electron chi connectivity index (χ2n) is 6.60. The molecule has 0 atom stereocenters. The fourth-order valence-corrected chi connectivity index (χ4v) is 3.46. The molecule has 0 aliphatic carbocycles. The van der Waals surface area contributed by atoms with Crippen LogP contribution in [0.2, 0.25) is 0 Å². The lowest BCUT2D eigenvalue weighted by Crippen LogP contribution is -2.36. The number of aromatic nitrogens is 1. The number of phenolic OH excluding ortho intramolecular Hbond substituents is 1. The van der Waals surface area contributed by atoms with Crippen molar-refractivity contribution in [3.8, 4) is 5.75 Å². The van der Waals surface area contributed by atoms with E-state index in [0.29, 0.717) is 24.2 Å². The topological polar surface area (TPSA) is 66.3 Å². The van der Waals surface area contributed by atoms with Gasteiger partial charge in [0.15, 0.2) is 0 Å². The van der Waals surface area contributed by atoms with Gasteiger partial charge in [-0.05, 0) is 24.3 Å². The number of hydrogen-bond donors (Lipinski definition) is 3. The highest BCUT2D eigenvalue weighted by Crippen LogP contribution is 2.28. The van der Waals surface area contributed by atoms with Crippen LogP contribution in [0, 0.1) is 0 Å². The lowest BCUT2D eigenvalue weighted by molar-refractivity contribution is -0.121. The number of hydrazine groups is 1. The van der Waals surface area contributed by atoms with Crippen molar-refractivity contribution < 1.29 is 9.90 Å². The molecule has 0 fully saturated rings. The molecule has 0 saturated heterocycles. The molecule has 5 nitrogen and oxygen atoms in total. The Morgan fingerprint density at radius 2 is 1.43 bits per heavy atom. The number of phenols is 1. The lowest BCUT2D eigenvalue weighted by atomic mass is 10.1. The van der Waals surface area contributed by atoms with E-state index in [1.165, 1.54) is 10.8 Å². The van der Waals surface area contributed by atoms with Gasteiger partial charge in [0.1, 0.15) is 5.75 Å². The molecular formula is C23H21N3O2. The lowest BCUT2D eigenvalue weighted by Gasteiger charge is -2.13. The molecule has 140 valence electrons. The van der Waals surface area contributed by atoms with Crippen molar-refractivity contribution >= 4 is 33.4 Å². The number of benzene rings is 3. The van der Waals surface area contributed by atoms with Crippen molar-refractivity contribution in [3.05, 3.63) is 84.9 Å². The second kappa shape index (κ2) is 7.48. The highest BCUT2D eigenvalue weighted by molar-refractivity contribution is 6.08. The number of para-hydroxylation sites is 3. The zero-order valence-corrected chi connectivity index (χ0v) is 15.4. The molecule has 4 aromatic rings. The van der Waals surface area contributed by atoms with E-state index in [1.54, 1.807) is 24.3 Å². The summed E-state index contributed by atoms with van der Waals surface area (Å²) in [5, 5.41) is 12.2. The largest absolute Gasteiger partial charge is 0.507 e. The summed E-state index contributed by atoms with van der Waals surface area (Å²) in [6, 6.07) is 23.3. The van der Waals surface area contributed by atoms with Crippen molar-refractivity contribution in [3.63, 3.8) is 0 Å². The smallest absolute Gasteiger partial charge is 0.240 e. The second-order valence-corrected chi connectivity index (χ2v) is 6.60. The molecular weight excluding hydrogens is 350 g/mol. The molecule has 1 amide bonds. The van der Waals surface area contributed by atoms with Crippen LogP contribution < -0.4 is 10.9 Å². The Morgan fingerprint density at radius 1 is 0.857 bits per heavy atom. The maximum Gasteiger partial charge on any atom is 0.240 e. The molecule has 3 N–H and O–H groups in total. The Hall–Kier alpha value is -3.73. The van der Waals surface area contributed by atoms with Gasteiger partial charge in [-0.15, -0.1) is 0 Å². The molecule has 0 spiro atoms. The first kappa shape index (κ1) is 17.7. The molecule has 0 radical (unpaired) electrons. The highest BCUT2D eigenvalue weighted by Gasteiger charge is 2.11. The van der Waals surface area contributed by atoms with Crippen LogP contribution in [0.1, 0.15) is 12.0 Å². The number of nitrogens with one attached hydrogen (secondary N) is 2. The van der Waals surface area contributed by atoms with Crippen LogP contribution in [0.25, 0.3) is 27.5 Å². The van der Waals surface area contributed by atoms with Gasteiger partial charge < -0.3 is 9.67 Å². The summed E-state index contributed by atoms with van der Waals surface area (Å²) in [5.41, 5.74) is 8.64. The van der Waals surface area contributed by atoms with E-state index in [4.69, 9.17) is 0 Å². The van der Waals surface area contributed by atoms with E-state index in [2.05, 4.69) is 46.3 Å². The molecule has 0 aliphatic rings. The predicted molar refractivity (Wildman–Crippen MR) is 112 cm³/mol. The fourth-order valence-electron chi connectivity index (χ4n) is 3.46. The third kappa shape index (κ3) is 3.30. The third-order valence-corrected chi connectivity index (χ3v) is 4.82. The first-order valence-corrected chi connectivity index (χ1v) is 9.13. The Kier molecular flexibility index (Phi) is 4.72. The number of amides is 1. The van der Waals surface area contributed by atoms with Crippen molar-refractivity contribution in [2.24, 2.45) is 0 Å². The van der Waals surface area contributed by atoms with E-state index in [9.17, 15) is 9.90 Å². The monoisotopic (exact) mass is 371 g/mol. The van der Waals surface area contributed by atoms with Gasteiger partial charge in [0.05, 0.1) is 5.70 Å². The maximum absolute atomic E-state index is 12.3. The predicted octanol–water partition coefficient (Wildman–Crippen LogP) is 4.18. The first-order chi connectivity index (χ1) is 13.6. The number of aryl methyl sites for hydroxylation is 1. The Labute approximate surface area is 162 Å². The van der Waals surface area contributed by atoms with Gasteiger partial charge in [-0.2, -0.15) is 0 Å². The van der Waals surface area contributed by atoms with Gasteiger partial charge in [0.25, 0.3) is 0 Å². The molecule has 5 heteroatoms. The van der Waals surface area contributed by atoms with Crippen LogP contribution in [0.15, 0.2) is 79.4 Å². The van der Waals surface area contributed by atoms with Crippen molar-refractivity contribution in [1.29, 1.82) is 0 Å². The minimum absolute atomic E-state index is 0.111. The van der Waals surface area contributed by atoms with Crippen LogP contribution in [0.5, 0.6) is 5.75 Å². The minimum atomic E-state index is -0.154. The molecule has 28 heavy (non-hydrogen) atoms. The summed E-state index contributed by atoms with van der Waals surface area (Å²) in [7, 11) is 0. The van der Waals surface area contributed by atoms with Gasteiger partial charge in [-0.25, -0.2) is 0 Å². The first-order valence-electron chi connectivity index (χ1n) is 9.13. The number of carbonyl (C=O) groups is 1. The molecule has 4 rings (SSSR count). The number of hydrogen-bond acceptors (Lipinski definition) is 3. The third-order valence-electron chi connectivity index (χ3n) is 4.82. The minimum Gasteiger partial charge on any atom is -0.507 e. The van der Waals surface area contributed by atoms with E-state index >= 15 is 0 Å². The van der Waals surface area contributed by atoms with E-state index in [0.717, 1.165) is 11.0 Å². The van der Waals surface area contributed by atoms with Gasteiger partial charge >= 0.3 is 0 Å². The van der Waals surface area contributed by atoms with E-state index in [1.807, 2.05) is 24.3 Å². The summed E-state index contributed by atoms with van der Waals surface area (Å²) in [4.78, 5) is 12.3.